The van der Waals surface area contributed by atoms with E-state index in [1.807, 2.05) is 4.90 Å². The number of amides is 1. The van der Waals surface area contributed by atoms with E-state index in [0.717, 1.165) is 25.9 Å². The Balaban J connectivity index is 1.73. The van der Waals surface area contributed by atoms with Gasteiger partial charge >= 0.3 is 0 Å². The third-order valence-corrected chi connectivity index (χ3v) is 3.32. The summed E-state index contributed by atoms with van der Waals surface area (Å²) in [6, 6.07) is 0. The zero-order valence-corrected chi connectivity index (χ0v) is 10.7. The Kier molecular flexibility index (Phi) is 5.37. The summed E-state index contributed by atoms with van der Waals surface area (Å²) in [5, 5.41) is 0. The van der Waals surface area contributed by atoms with Gasteiger partial charge in [0.25, 0.3) is 5.91 Å². The number of nitrogens with zero attached hydrogens (tertiary/aromatic N) is 1. The van der Waals surface area contributed by atoms with E-state index in [0.29, 0.717) is 33.0 Å². The highest BCUT2D eigenvalue weighted by Crippen LogP contribution is 2.16. The van der Waals surface area contributed by atoms with Gasteiger partial charge in [-0.1, -0.05) is 0 Å². The van der Waals surface area contributed by atoms with Crippen molar-refractivity contribution in [1.82, 2.24) is 4.90 Å². The number of likely N-dealkylation sites (tertiary alicyclic amines) is 1. The van der Waals surface area contributed by atoms with Crippen molar-refractivity contribution in [2.75, 3.05) is 46.1 Å². The van der Waals surface area contributed by atoms with Crippen molar-refractivity contribution in [1.29, 1.82) is 0 Å². The minimum Gasteiger partial charge on any atom is -0.377 e. The summed E-state index contributed by atoms with van der Waals surface area (Å²) in [4.78, 5) is 14.0. The second-order valence-electron chi connectivity index (χ2n) is 4.62. The topological polar surface area (TPSA) is 74.0 Å². The Labute approximate surface area is 107 Å². The first-order chi connectivity index (χ1) is 8.81. The van der Waals surface area contributed by atoms with E-state index in [2.05, 4.69) is 0 Å². The quantitative estimate of drug-likeness (QED) is 0.726. The van der Waals surface area contributed by atoms with Crippen molar-refractivity contribution in [2.45, 2.75) is 25.0 Å². The first-order valence-electron chi connectivity index (χ1n) is 6.61. The molecule has 104 valence electrons. The number of carbonyl (C=O) groups is 1. The van der Waals surface area contributed by atoms with Crippen LogP contribution in [-0.2, 0) is 19.0 Å². The van der Waals surface area contributed by atoms with Crippen LogP contribution in [0.15, 0.2) is 0 Å². The molecule has 0 aromatic rings. The summed E-state index contributed by atoms with van der Waals surface area (Å²) in [5.41, 5.74) is 5.40. The average molecular weight is 258 g/mol. The number of piperidine rings is 1. The highest BCUT2D eigenvalue weighted by Gasteiger charge is 2.30. The first-order valence-corrected chi connectivity index (χ1v) is 6.61. The van der Waals surface area contributed by atoms with E-state index in [1.54, 1.807) is 0 Å². The molecule has 2 heterocycles. The molecule has 18 heavy (non-hydrogen) atoms. The number of carbonyl (C=O) groups excluding carboxylic acids is 1. The summed E-state index contributed by atoms with van der Waals surface area (Å²) < 4.78 is 16.3. The third kappa shape index (κ3) is 3.65. The average Bonchev–Trinajstić information content (AvgIpc) is 2.46. The minimum atomic E-state index is -0.416. The molecule has 2 fully saturated rings. The van der Waals surface area contributed by atoms with Crippen LogP contribution >= 0.6 is 0 Å². The number of rotatable bonds is 4. The molecule has 0 radical (unpaired) electrons. The van der Waals surface area contributed by atoms with Gasteiger partial charge in [0, 0.05) is 19.6 Å². The van der Waals surface area contributed by atoms with E-state index in [4.69, 9.17) is 19.9 Å². The number of hydrogen-bond donors (Lipinski definition) is 1. The molecule has 1 atom stereocenters. The predicted octanol–water partition coefficient (Wildman–Crippen LogP) is -0.632. The van der Waals surface area contributed by atoms with Gasteiger partial charge in [0.15, 0.2) is 6.10 Å². The molecule has 0 spiro atoms. The summed E-state index contributed by atoms with van der Waals surface area (Å²) in [6.45, 7) is 4.07. The Morgan fingerprint density at radius 1 is 1.33 bits per heavy atom. The maximum absolute atomic E-state index is 12.1. The van der Waals surface area contributed by atoms with Crippen LogP contribution in [0.5, 0.6) is 0 Å². The van der Waals surface area contributed by atoms with Crippen LogP contribution in [0, 0.1) is 0 Å². The molecule has 1 amide bonds. The Morgan fingerprint density at radius 2 is 2.11 bits per heavy atom. The van der Waals surface area contributed by atoms with Gasteiger partial charge < -0.3 is 24.8 Å². The molecular formula is C12H22N2O4. The molecular weight excluding hydrogens is 236 g/mol. The molecule has 1 unspecified atom stereocenters. The van der Waals surface area contributed by atoms with Crippen molar-refractivity contribution < 1.29 is 19.0 Å². The zero-order chi connectivity index (χ0) is 12.8. The fraction of sp³-hybridized carbons (Fsp3) is 0.917. The molecule has 2 saturated heterocycles. The summed E-state index contributed by atoms with van der Waals surface area (Å²) in [5.74, 6) is 0.0481. The maximum atomic E-state index is 12.1. The highest BCUT2D eigenvalue weighted by molar-refractivity contribution is 5.81. The Hall–Kier alpha value is -0.690. The first kappa shape index (κ1) is 13.7. The van der Waals surface area contributed by atoms with Crippen LogP contribution in [0.1, 0.15) is 12.8 Å². The van der Waals surface area contributed by atoms with Crippen LogP contribution in [-0.4, -0.2) is 69.1 Å². The normalized spacial score (nSPS) is 26.3. The van der Waals surface area contributed by atoms with Crippen molar-refractivity contribution in [2.24, 2.45) is 5.73 Å². The molecule has 2 rings (SSSR count). The highest BCUT2D eigenvalue weighted by atomic mass is 16.6. The lowest BCUT2D eigenvalue weighted by Crippen LogP contribution is -2.49. The summed E-state index contributed by atoms with van der Waals surface area (Å²) >= 11 is 0. The predicted molar refractivity (Wildman–Crippen MR) is 65.2 cm³/mol. The van der Waals surface area contributed by atoms with E-state index >= 15 is 0 Å². The van der Waals surface area contributed by atoms with Crippen molar-refractivity contribution in [3.63, 3.8) is 0 Å². The fourth-order valence-electron chi connectivity index (χ4n) is 2.31. The van der Waals surface area contributed by atoms with Crippen molar-refractivity contribution in [3.05, 3.63) is 0 Å². The second-order valence-corrected chi connectivity index (χ2v) is 4.62. The van der Waals surface area contributed by atoms with E-state index < -0.39 is 6.10 Å². The van der Waals surface area contributed by atoms with Gasteiger partial charge in [0.05, 0.1) is 32.5 Å². The third-order valence-electron chi connectivity index (χ3n) is 3.32. The number of ether oxygens (including phenoxy) is 3. The molecule has 0 aromatic heterocycles. The smallest absolute Gasteiger partial charge is 0.254 e. The largest absolute Gasteiger partial charge is 0.377 e. The molecule has 0 bridgehead atoms. The zero-order valence-electron chi connectivity index (χ0n) is 10.7. The molecule has 0 saturated carbocycles. The molecule has 2 N–H and O–H groups in total. The van der Waals surface area contributed by atoms with Gasteiger partial charge in [-0.3, -0.25) is 4.79 Å². The molecule has 6 heteroatoms. The molecule has 0 aliphatic carbocycles. The Bertz CT molecular complexity index is 261. The molecule has 2 aliphatic rings. The number of nitrogens with two attached hydrogens (primary N) is 1. The van der Waals surface area contributed by atoms with Crippen LogP contribution in [0.25, 0.3) is 0 Å². The summed E-state index contributed by atoms with van der Waals surface area (Å²) in [7, 11) is 0. The van der Waals surface area contributed by atoms with Crippen molar-refractivity contribution >= 4 is 5.91 Å². The van der Waals surface area contributed by atoms with Gasteiger partial charge in [-0.05, 0) is 12.8 Å². The van der Waals surface area contributed by atoms with Gasteiger partial charge in [-0.25, -0.2) is 0 Å². The van der Waals surface area contributed by atoms with Gasteiger partial charge in [-0.15, -0.1) is 0 Å². The molecule has 0 aromatic carbocycles. The Morgan fingerprint density at radius 3 is 2.72 bits per heavy atom. The fourth-order valence-corrected chi connectivity index (χ4v) is 2.31. The standard InChI is InChI=1S/C12H22N2O4/c13-3-6-17-10-1-4-14(5-2-10)12(15)11-9-16-7-8-18-11/h10-11H,1-9,13H2. The molecule has 2 aliphatic heterocycles. The van der Waals surface area contributed by atoms with Gasteiger partial charge in [-0.2, -0.15) is 0 Å². The minimum absolute atomic E-state index is 0.0481. The van der Waals surface area contributed by atoms with E-state index in [-0.39, 0.29) is 12.0 Å². The lowest BCUT2D eigenvalue weighted by molar-refractivity contribution is -0.160. The van der Waals surface area contributed by atoms with Crippen LogP contribution in [0.4, 0.5) is 0 Å². The molecule has 6 nitrogen and oxygen atoms in total. The van der Waals surface area contributed by atoms with E-state index in [9.17, 15) is 4.79 Å². The van der Waals surface area contributed by atoms with Crippen LogP contribution in [0.2, 0.25) is 0 Å². The number of hydrogen-bond acceptors (Lipinski definition) is 5. The SMILES string of the molecule is NCCOC1CCN(C(=O)C2COCCO2)CC1. The van der Waals surface area contributed by atoms with Crippen LogP contribution in [0.3, 0.4) is 0 Å². The second kappa shape index (κ2) is 7.04. The van der Waals surface area contributed by atoms with Gasteiger partial charge in [0.2, 0.25) is 0 Å². The van der Waals surface area contributed by atoms with Crippen molar-refractivity contribution in [3.8, 4) is 0 Å². The van der Waals surface area contributed by atoms with Crippen LogP contribution < -0.4 is 5.73 Å². The maximum Gasteiger partial charge on any atom is 0.254 e. The van der Waals surface area contributed by atoms with Gasteiger partial charge in [0.1, 0.15) is 0 Å². The monoisotopic (exact) mass is 258 g/mol. The summed E-state index contributed by atoms with van der Waals surface area (Å²) in [6.07, 6.45) is 1.57. The lowest BCUT2D eigenvalue weighted by atomic mass is 10.1. The lowest BCUT2D eigenvalue weighted by Gasteiger charge is -2.34. The van der Waals surface area contributed by atoms with E-state index in [1.165, 1.54) is 0 Å².